The van der Waals surface area contributed by atoms with Crippen LogP contribution in [0.4, 0.5) is 0 Å². The van der Waals surface area contributed by atoms with Crippen molar-refractivity contribution in [2.24, 2.45) is 0 Å². The van der Waals surface area contributed by atoms with Crippen molar-refractivity contribution in [2.75, 3.05) is 65.7 Å². The predicted molar refractivity (Wildman–Crippen MR) is 116 cm³/mol. The van der Waals surface area contributed by atoms with Crippen LogP contribution in [0.5, 0.6) is 0 Å². The van der Waals surface area contributed by atoms with Crippen LogP contribution in [0.25, 0.3) is 0 Å². The minimum absolute atomic E-state index is 0.0848. The van der Waals surface area contributed by atoms with E-state index >= 15 is 0 Å². The first-order valence-electron chi connectivity index (χ1n) is 10.3. The molecule has 29 heavy (non-hydrogen) atoms. The highest BCUT2D eigenvalue weighted by atomic mass is 35.5. The van der Waals surface area contributed by atoms with Gasteiger partial charge in [0.15, 0.2) is 0 Å². The van der Waals surface area contributed by atoms with Gasteiger partial charge in [-0.15, -0.1) is 0 Å². The van der Waals surface area contributed by atoms with E-state index in [2.05, 4.69) is 21.9 Å². The van der Waals surface area contributed by atoms with Gasteiger partial charge < -0.3 is 14.6 Å². The number of nitrogens with zero attached hydrogens (tertiary/aromatic N) is 2. The second kappa shape index (κ2) is 12.3. The Kier molecular flexibility index (Phi) is 9.41. The molecule has 1 saturated heterocycles. The quantitative estimate of drug-likeness (QED) is 0.568. The van der Waals surface area contributed by atoms with Gasteiger partial charge in [-0.1, -0.05) is 54.1 Å². The fourth-order valence-electron chi connectivity index (χ4n) is 3.55. The molecule has 1 aliphatic rings. The molecule has 0 spiro atoms. The lowest BCUT2D eigenvalue weighted by Crippen LogP contribution is -2.48. The van der Waals surface area contributed by atoms with Crippen molar-refractivity contribution in [3.63, 3.8) is 0 Å². The maximum Gasteiger partial charge on any atom is 0.108 e. The average Bonchev–Trinajstić information content (AvgIpc) is 2.77. The van der Waals surface area contributed by atoms with Gasteiger partial charge in [-0.3, -0.25) is 9.80 Å². The van der Waals surface area contributed by atoms with E-state index in [4.69, 9.17) is 26.2 Å². The first-order valence-corrected chi connectivity index (χ1v) is 10.7. The lowest BCUT2D eigenvalue weighted by molar-refractivity contribution is 0.0342. The van der Waals surface area contributed by atoms with Crippen molar-refractivity contribution in [1.29, 1.82) is 0 Å². The highest BCUT2D eigenvalue weighted by Crippen LogP contribution is 2.27. The number of aliphatic hydroxyl groups is 1. The molecule has 1 heterocycles. The van der Waals surface area contributed by atoms with E-state index in [1.54, 1.807) is 0 Å². The number of benzene rings is 2. The van der Waals surface area contributed by atoms with Crippen LogP contribution in [0, 0.1) is 0 Å². The van der Waals surface area contributed by atoms with E-state index in [1.165, 1.54) is 0 Å². The largest absolute Gasteiger partial charge is 0.394 e. The predicted octanol–water partition coefficient (Wildman–Crippen LogP) is 3.07. The van der Waals surface area contributed by atoms with Crippen LogP contribution in [0.1, 0.15) is 17.2 Å². The monoisotopic (exact) mass is 418 g/mol. The molecule has 0 saturated carbocycles. The summed E-state index contributed by atoms with van der Waals surface area (Å²) in [5, 5.41) is 9.49. The Morgan fingerprint density at radius 2 is 1.38 bits per heavy atom. The molecule has 1 aliphatic heterocycles. The van der Waals surface area contributed by atoms with Crippen LogP contribution in [0.2, 0.25) is 5.02 Å². The Morgan fingerprint density at radius 3 is 2.00 bits per heavy atom. The summed E-state index contributed by atoms with van der Waals surface area (Å²) in [5.41, 5.74) is 2.27. The van der Waals surface area contributed by atoms with Gasteiger partial charge in [0.05, 0.1) is 26.4 Å². The van der Waals surface area contributed by atoms with Crippen LogP contribution in [-0.2, 0) is 9.47 Å². The molecule has 1 N–H and O–H groups in total. The summed E-state index contributed by atoms with van der Waals surface area (Å²) in [5.74, 6) is 0. The maximum atomic E-state index is 8.75. The minimum atomic E-state index is -0.0848. The normalized spacial score (nSPS) is 16.8. The molecule has 1 atom stereocenters. The highest BCUT2D eigenvalue weighted by molar-refractivity contribution is 6.30. The van der Waals surface area contributed by atoms with E-state index < -0.39 is 0 Å². The Morgan fingerprint density at radius 1 is 0.793 bits per heavy atom. The Bertz CT molecular complexity index is 691. The second-order valence-electron chi connectivity index (χ2n) is 7.23. The zero-order valence-corrected chi connectivity index (χ0v) is 17.6. The molecule has 5 nitrogen and oxygen atoms in total. The Hall–Kier alpha value is -1.47. The van der Waals surface area contributed by atoms with Crippen molar-refractivity contribution in [1.82, 2.24) is 9.80 Å². The molecule has 1 fully saturated rings. The molecule has 0 amide bonds. The molecule has 2 aromatic rings. The molecule has 0 radical (unpaired) electrons. The number of hydrogen-bond donors (Lipinski definition) is 1. The number of ether oxygens (including phenoxy) is 2. The SMILES string of the molecule is OCCOCCN1CCN(CCOC(c2ccccc2)c2ccc(Cl)cc2)CC1. The van der Waals surface area contributed by atoms with Crippen molar-refractivity contribution in [3.8, 4) is 0 Å². The molecular weight excluding hydrogens is 388 g/mol. The van der Waals surface area contributed by atoms with Gasteiger partial charge >= 0.3 is 0 Å². The van der Waals surface area contributed by atoms with Crippen LogP contribution < -0.4 is 0 Å². The van der Waals surface area contributed by atoms with Crippen LogP contribution >= 0.6 is 11.6 Å². The molecule has 1 unspecified atom stereocenters. The number of hydrogen-bond acceptors (Lipinski definition) is 5. The summed E-state index contributed by atoms with van der Waals surface area (Å²) in [6.07, 6.45) is -0.0848. The van der Waals surface area contributed by atoms with Gasteiger partial charge in [-0.05, 0) is 23.3 Å². The van der Waals surface area contributed by atoms with E-state index in [9.17, 15) is 0 Å². The fourth-order valence-corrected chi connectivity index (χ4v) is 3.67. The van der Waals surface area contributed by atoms with Crippen LogP contribution in [0.15, 0.2) is 54.6 Å². The van der Waals surface area contributed by atoms with E-state index in [0.717, 1.165) is 55.4 Å². The highest BCUT2D eigenvalue weighted by Gasteiger charge is 2.18. The topological polar surface area (TPSA) is 45.2 Å². The third kappa shape index (κ3) is 7.37. The lowest BCUT2D eigenvalue weighted by Gasteiger charge is -2.34. The first kappa shape index (κ1) is 22.2. The molecule has 0 aromatic heterocycles. The van der Waals surface area contributed by atoms with Gasteiger partial charge in [-0.2, -0.15) is 0 Å². The van der Waals surface area contributed by atoms with Gasteiger partial charge in [-0.25, -0.2) is 0 Å². The Labute approximate surface area is 178 Å². The van der Waals surface area contributed by atoms with Crippen molar-refractivity contribution < 1.29 is 14.6 Å². The third-order valence-corrected chi connectivity index (χ3v) is 5.47. The first-order chi connectivity index (χ1) is 14.3. The van der Waals surface area contributed by atoms with Gasteiger partial charge in [0, 0.05) is 44.3 Å². The summed E-state index contributed by atoms with van der Waals surface area (Å²) in [7, 11) is 0. The summed E-state index contributed by atoms with van der Waals surface area (Å²) >= 11 is 6.06. The van der Waals surface area contributed by atoms with Gasteiger partial charge in [0.2, 0.25) is 0 Å². The summed E-state index contributed by atoms with van der Waals surface area (Å²) in [6, 6.07) is 18.2. The number of aliphatic hydroxyl groups excluding tert-OH is 1. The summed E-state index contributed by atoms with van der Waals surface area (Å²) in [4.78, 5) is 4.87. The van der Waals surface area contributed by atoms with Gasteiger partial charge in [0.25, 0.3) is 0 Å². The molecule has 3 rings (SSSR count). The van der Waals surface area contributed by atoms with Crippen LogP contribution in [-0.4, -0.2) is 80.6 Å². The fraction of sp³-hybridized carbons (Fsp3) is 0.478. The molecule has 158 valence electrons. The molecule has 6 heteroatoms. The van der Waals surface area contributed by atoms with Gasteiger partial charge in [0.1, 0.15) is 6.10 Å². The number of halogens is 1. The molecular formula is C23H31ClN2O3. The maximum absolute atomic E-state index is 8.75. The van der Waals surface area contributed by atoms with E-state index in [-0.39, 0.29) is 12.7 Å². The van der Waals surface area contributed by atoms with Crippen LogP contribution in [0.3, 0.4) is 0 Å². The zero-order valence-electron chi connectivity index (χ0n) is 16.9. The van der Waals surface area contributed by atoms with Crippen molar-refractivity contribution in [2.45, 2.75) is 6.10 Å². The van der Waals surface area contributed by atoms with E-state index in [0.29, 0.717) is 19.8 Å². The molecule has 0 bridgehead atoms. The smallest absolute Gasteiger partial charge is 0.108 e. The lowest BCUT2D eigenvalue weighted by atomic mass is 10.0. The standard InChI is InChI=1S/C23H31ClN2O3/c24-22-8-6-21(7-9-22)23(20-4-2-1-3-5-20)29-18-15-26-12-10-25(11-13-26)14-17-28-19-16-27/h1-9,23,27H,10-19H2. The molecule has 0 aliphatic carbocycles. The van der Waals surface area contributed by atoms with Crippen molar-refractivity contribution >= 4 is 11.6 Å². The third-order valence-electron chi connectivity index (χ3n) is 5.22. The van der Waals surface area contributed by atoms with Crippen molar-refractivity contribution in [3.05, 3.63) is 70.7 Å². The number of rotatable bonds is 11. The second-order valence-corrected chi connectivity index (χ2v) is 7.67. The van der Waals surface area contributed by atoms with E-state index in [1.807, 2.05) is 42.5 Å². The average molecular weight is 419 g/mol. The summed E-state index contributed by atoms with van der Waals surface area (Å²) in [6.45, 7) is 7.90. The molecule has 2 aromatic carbocycles. The Balaban J connectivity index is 1.45. The zero-order chi connectivity index (χ0) is 20.3. The number of piperazine rings is 1. The summed E-state index contributed by atoms with van der Waals surface area (Å²) < 4.78 is 11.7. The minimum Gasteiger partial charge on any atom is -0.394 e.